The smallest absolute Gasteiger partial charge is 0.338 e. The van der Waals surface area contributed by atoms with Crippen molar-refractivity contribution in [1.29, 1.82) is 0 Å². The topological polar surface area (TPSA) is 62.3 Å². The van der Waals surface area contributed by atoms with E-state index in [0.717, 1.165) is 18.3 Å². The first-order chi connectivity index (χ1) is 13.4. The van der Waals surface area contributed by atoms with Gasteiger partial charge in [0, 0.05) is 38.4 Å². The molecule has 0 unspecified atom stereocenters. The van der Waals surface area contributed by atoms with Gasteiger partial charge in [0.1, 0.15) is 20.0 Å². The molecule has 0 radical (unpaired) electrons. The Morgan fingerprint density at radius 2 is 1.64 bits per heavy atom. The lowest BCUT2D eigenvalue weighted by atomic mass is 10.2. The van der Waals surface area contributed by atoms with Crippen LogP contribution < -0.4 is 4.90 Å². The fourth-order valence-electron chi connectivity index (χ4n) is 2.25. The van der Waals surface area contributed by atoms with Gasteiger partial charge in [0.25, 0.3) is 0 Å². The monoisotopic (exact) mass is 395 g/mol. The molecule has 0 fully saturated rings. The quantitative estimate of drug-likeness (QED) is 0.287. The van der Waals surface area contributed by atoms with E-state index in [9.17, 15) is 14.0 Å². The Morgan fingerprint density at radius 1 is 1.00 bits per heavy atom. The molecule has 0 amide bonds. The molecule has 0 aliphatic rings. The predicted octanol–water partition coefficient (Wildman–Crippen LogP) is 1.80. The minimum absolute atomic E-state index is 0.131. The van der Waals surface area contributed by atoms with Gasteiger partial charge in [-0.05, 0) is 38.4 Å². The summed E-state index contributed by atoms with van der Waals surface area (Å²) in [4.78, 5) is 28.6. The van der Waals surface area contributed by atoms with E-state index in [2.05, 4.69) is 6.58 Å². The zero-order valence-electron chi connectivity index (χ0n) is 16.9. The van der Waals surface area contributed by atoms with Crippen molar-refractivity contribution in [2.45, 2.75) is 0 Å². The molecule has 0 heterocycles. The van der Waals surface area contributed by atoms with Crippen LogP contribution in [-0.4, -0.2) is 89.1 Å². The second kappa shape index (κ2) is 12.9. The summed E-state index contributed by atoms with van der Waals surface area (Å²) in [5, 5.41) is 0. The summed E-state index contributed by atoms with van der Waals surface area (Å²) in [6, 6.07) is 6.92. The molecular formula is C20H30FN3O4. The molecule has 0 bridgehead atoms. The van der Waals surface area contributed by atoms with Crippen LogP contribution in [0.3, 0.4) is 0 Å². The van der Waals surface area contributed by atoms with E-state index >= 15 is 0 Å². The Morgan fingerprint density at radius 3 is 2.21 bits per heavy atom. The third kappa shape index (κ3) is 8.96. The van der Waals surface area contributed by atoms with Gasteiger partial charge in [-0.2, -0.15) is 0 Å². The van der Waals surface area contributed by atoms with Crippen molar-refractivity contribution >= 4 is 17.6 Å². The fourth-order valence-corrected chi connectivity index (χ4v) is 2.25. The Bertz CT molecular complexity index is 622. The zero-order chi connectivity index (χ0) is 20.9. The average Bonchev–Trinajstić information content (AvgIpc) is 2.69. The maximum atomic E-state index is 13.0. The van der Waals surface area contributed by atoms with Crippen molar-refractivity contribution in [2.75, 3.05) is 72.2 Å². The standard InChI is InChI=1S/C20H30FN3O4/c1-5-19(25)27-14-12-23(4)18-8-6-17(7-9-18)20(26)28-15-13-24(16-21)11-10-22(2)3/h5-9H,1,10-16H2,2-4H3. The number of esters is 2. The van der Waals surface area contributed by atoms with E-state index in [4.69, 9.17) is 9.47 Å². The second-order valence-corrected chi connectivity index (χ2v) is 6.52. The zero-order valence-corrected chi connectivity index (χ0v) is 16.9. The molecule has 28 heavy (non-hydrogen) atoms. The number of benzene rings is 1. The van der Waals surface area contributed by atoms with Gasteiger partial charge in [-0.1, -0.05) is 6.58 Å². The lowest BCUT2D eigenvalue weighted by Gasteiger charge is -2.20. The maximum Gasteiger partial charge on any atom is 0.338 e. The van der Waals surface area contributed by atoms with E-state index in [-0.39, 0.29) is 13.2 Å². The Labute approximate surface area is 166 Å². The van der Waals surface area contributed by atoms with Gasteiger partial charge in [-0.25, -0.2) is 14.0 Å². The summed E-state index contributed by atoms with van der Waals surface area (Å²) in [5.74, 6) is -0.903. The van der Waals surface area contributed by atoms with E-state index < -0.39 is 18.7 Å². The Balaban J connectivity index is 2.42. The van der Waals surface area contributed by atoms with E-state index in [1.54, 1.807) is 29.2 Å². The summed E-state index contributed by atoms with van der Waals surface area (Å²) in [6.07, 6.45) is 1.12. The summed E-state index contributed by atoms with van der Waals surface area (Å²) >= 11 is 0. The highest BCUT2D eigenvalue weighted by molar-refractivity contribution is 5.89. The molecule has 1 rings (SSSR count). The van der Waals surface area contributed by atoms with Gasteiger partial charge in [0.2, 0.25) is 0 Å². The van der Waals surface area contributed by atoms with Gasteiger partial charge in [-0.15, -0.1) is 0 Å². The van der Waals surface area contributed by atoms with Gasteiger partial charge in [0.15, 0.2) is 0 Å². The highest BCUT2D eigenvalue weighted by Crippen LogP contribution is 2.14. The molecular weight excluding hydrogens is 365 g/mol. The van der Waals surface area contributed by atoms with E-state index in [1.807, 2.05) is 30.9 Å². The number of anilines is 1. The minimum Gasteiger partial charge on any atom is -0.461 e. The van der Waals surface area contributed by atoms with Crippen LogP contribution in [0.15, 0.2) is 36.9 Å². The molecule has 0 N–H and O–H groups in total. The molecule has 8 heteroatoms. The second-order valence-electron chi connectivity index (χ2n) is 6.52. The molecule has 0 spiro atoms. The average molecular weight is 395 g/mol. The number of nitrogens with zero attached hydrogens (tertiary/aromatic N) is 3. The largest absolute Gasteiger partial charge is 0.461 e. The number of ether oxygens (including phenoxy) is 2. The van der Waals surface area contributed by atoms with Gasteiger partial charge in [-0.3, -0.25) is 4.90 Å². The van der Waals surface area contributed by atoms with Crippen LogP contribution in [-0.2, 0) is 14.3 Å². The normalized spacial score (nSPS) is 10.8. The van der Waals surface area contributed by atoms with Gasteiger partial charge < -0.3 is 19.3 Å². The van der Waals surface area contributed by atoms with Gasteiger partial charge >= 0.3 is 11.9 Å². The van der Waals surface area contributed by atoms with Crippen molar-refractivity contribution in [3.63, 3.8) is 0 Å². The fraction of sp³-hybridized carbons (Fsp3) is 0.500. The molecule has 0 saturated heterocycles. The summed E-state index contributed by atoms with van der Waals surface area (Å²) < 4.78 is 23.1. The van der Waals surface area contributed by atoms with Crippen LogP contribution in [0, 0.1) is 0 Å². The Kier molecular flexibility index (Phi) is 10.8. The van der Waals surface area contributed by atoms with Crippen LogP contribution in [0.5, 0.6) is 0 Å². The Hall–Kier alpha value is -2.45. The van der Waals surface area contributed by atoms with E-state index in [1.165, 1.54) is 0 Å². The highest BCUT2D eigenvalue weighted by atomic mass is 19.1. The number of likely N-dealkylation sites (N-methyl/N-ethyl adjacent to an activating group) is 2. The molecule has 0 atom stereocenters. The lowest BCUT2D eigenvalue weighted by Crippen LogP contribution is -2.34. The van der Waals surface area contributed by atoms with Crippen molar-refractivity contribution in [3.8, 4) is 0 Å². The SMILES string of the molecule is C=CC(=O)OCCN(C)c1ccc(C(=O)OCCN(CF)CCN(C)C)cc1. The third-order valence-corrected chi connectivity index (χ3v) is 4.05. The summed E-state index contributed by atoms with van der Waals surface area (Å²) in [6.45, 7) is 5.30. The van der Waals surface area contributed by atoms with Crippen molar-refractivity contribution in [1.82, 2.24) is 9.80 Å². The number of rotatable bonds is 13. The number of carbonyl (C=O) groups is 2. The molecule has 7 nitrogen and oxygen atoms in total. The highest BCUT2D eigenvalue weighted by Gasteiger charge is 2.10. The number of alkyl halides is 1. The number of carbonyl (C=O) groups excluding carboxylic acids is 2. The molecule has 0 aromatic heterocycles. The van der Waals surface area contributed by atoms with Gasteiger partial charge in [0.05, 0.1) is 12.1 Å². The maximum absolute atomic E-state index is 13.0. The summed E-state index contributed by atoms with van der Waals surface area (Å²) in [5.41, 5.74) is 1.30. The predicted molar refractivity (Wildman–Crippen MR) is 107 cm³/mol. The first-order valence-electron chi connectivity index (χ1n) is 9.08. The molecule has 1 aromatic carbocycles. The molecule has 156 valence electrons. The van der Waals surface area contributed by atoms with Crippen LogP contribution in [0.2, 0.25) is 0 Å². The third-order valence-electron chi connectivity index (χ3n) is 4.05. The van der Waals surface area contributed by atoms with Crippen LogP contribution in [0.1, 0.15) is 10.4 Å². The summed E-state index contributed by atoms with van der Waals surface area (Å²) in [7, 11) is 5.70. The van der Waals surface area contributed by atoms with Crippen molar-refractivity contribution in [3.05, 3.63) is 42.5 Å². The first-order valence-corrected chi connectivity index (χ1v) is 9.08. The molecule has 0 saturated carbocycles. The van der Waals surface area contributed by atoms with Crippen LogP contribution in [0.25, 0.3) is 0 Å². The number of hydrogen-bond donors (Lipinski definition) is 0. The lowest BCUT2D eigenvalue weighted by molar-refractivity contribution is -0.137. The molecule has 0 aliphatic carbocycles. The molecule has 1 aromatic rings. The number of halogens is 1. The first kappa shape index (κ1) is 23.6. The number of hydrogen-bond acceptors (Lipinski definition) is 7. The minimum atomic E-state index is -0.575. The van der Waals surface area contributed by atoms with Crippen molar-refractivity contribution in [2.24, 2.45) is 0 Å². The van der Waals surface area contributed by atoms with Crippen LogP contribution in [0.4, 0.5) is 10.1 Å². The van der Waals surface area contributed by atoms with E-state index in [0.29, 0.717) is 25.2 Å². The molecule has 0 aliphatic heterocycles. The van der Waals surface area contributed by atoms with Crippen molar-refractivity contribution < 1.29 is 23.5 Å². The van der Waals surface area contributed by atoms with Crippen LogP contribution >= 0.6 is 0 Å².